The Bertz CT molecular complexity index is 433. The SMILES string of the molecule is CC(=O)[O][Hg][c]1cc[c]([Hg][O]C(C)=O)c(N)c1C. The van der Waals surface area contributed by atoms with Crippen LogP contribution in [0, 0.1) is 6.92 Å². The Balaban J connectivity index is 2.83. The van der Waals surface area contributed by atoms with Crippen LogP contribution in [0.3, 0.4) is 0 Å². The summed E-state index contributed by atoms with van der Waals surface area (Å²) in [6, 6.07) is 3.89. The molecular weight excluding hydrogens is 611 g/mol. The Hall–Kier alpha value is -0.170. The van der Waals surface area contributed by atoms with Gasteiger partial charge in [-0.1, -0.05) is 0 Å². The van der Waals surface area contributed by atoms with Gasteiger partial charge in [0.1, 0.15) is 0 Å². The van der Waals surface area contributed by atoms with Crippen LogP contribution in [0.2, 0.25) is 0 Å². The first-order chi connectivity index (χ1) is 8.41. The second-order valence-electron chi connectivity index (χ2n) is 3.98. The molecule has 0 aliphatic rings. The molecule has 1 rings (SSSR count). The quantitative estimate of drug-likeness (QED) is 0.376. The monoisotopic (exact) mass is 627 g/mol. The van der Waals surface area contributed by atoms with Gasteiger partial charge in [0.15, 0.2) is 0 Å². The van der Waals surface area contributed by atoms with Crippen molar-refractivity contribution < 1.29 is 64.9 Å². The molecule has 0 saturated carbocycles. The fraction of sp³-hybridized carbons (Fsp3) is 0.273. The fourth-order valence-corrected chi connectivity index (χ4v) is 9.14. The summed E-state index contributed by atoms with van der Waals surface area (Å²) in [6.07, 6.45) is 0. The van der Waals surface area contributed by atoms with Gasteiger partial charge in [0.2, 0.25) is 0 Å². The van der Waals surface area contributed by atoms with Crippen molar-refractivity contribution in [2.45, 2.75) is 20.8 Å². The van der Waals surface area contributed by atoms with Crippen LogP contribution in [0.25, 0.3) is 0 Å². The molecule has 0 heterocycles. The van der Waals surface area contributed by atoms with Crippen molar-refractivity contribution in [2.75, 3.05) is 5.73 Å². The average molecular weight is 624 g/mol. The molecule has 90 valence electrons. The van der Waals surface area contributed by atoms with Gasteiger partial charge in [0.25, 0.3) is 0 Å². The van der Waals surface area contributed by atoms with Gasteiger partial charge >= 0.3 is 133 Å². The first-order valence-corrected chi connectivity index (χ1v) is 15.5. The Kier molecular flexibility index (Phi) is 6.55. The molecule has 7 heteroatoms. The molecule has 0 fully saturated rings. The zero-order valence-electron chi connectivity index (χ0n) is 10.8. The maximum atomic E-state index is 10.8. The molecule has 0 aliphatic heterocycles. The average Bonchev–Trinajstić information content (AvgIpc) is 2.29. The number of anilines is 1. The topological polar surface area (TPSA) is 78.6 Å². The Morgan fingerprint density at radius 1 is 1.06 bits per heavy atom. The number of hydrogen-bond acceptors (Lipinski definition) is 5. The molecule has 0 aromatic heterocycles. The number of carbonyl (C=O) groups is 2. The molecule has 0 atom stereocenters. The van der Waals surface area contributed by atoms with Gasteiger partial charge in [-0.05, 0) is 0 Å². The van der Waals surface area contributed by atoms with Gasteiger partial charge in [0, 0.05) is 0 Å². The molecule has 5 nitrogen and oxygen atoms in total. The summed E-state index contributed by atoms with van der Waals surface area (Å²) in [7, 11) is 0. The van der Waals surface area contributed by atoms with Crippen LogP contribution in [0.4, 0.5) is 5.69 Å². The standard InChI is InChI=1S/C7H7N.2C2H4O2.2Hg/c1-6-4-2-3-5-7(6)8;2*1-2(3)4;;/h2-3H,8H2,1H3;2*1H3,(H,3,4);;/q;;;2*+1/p-2. The van der Waals surface area contributed by atoms with Gasteiger partial charge in [-0.2, -0.15) is 0 Å². The van der Waals surface area contributed by atoms with E-state index in [-0.39, 0.29) is 11.9 Å². The summed E-state index contributed by atoms with van der Waals surface area (Å²) in [5.74, 6) is -0.462. The zero-order chi connectivity index (χ0) is 13.7. The zero-order valence-corrected chi connectivity index (χ0v) is 21.8. The molecule has 0 bridgehead atoms. The third-order valence-corrected chi connectivity index (χ3v) is 14.7. The normalized spacial score (nSPS) is 9.06. The number of nitrogen functional groups attached to an aromatic ring is 1. The third-order valence-electron chi connectivity index (χ3n) is 2.58. The molecule has 2 N–H and O–H groups in total. The molecular formula is C11H13Hg2NO4. The minimum atomic E-state index is -1.88. The summed E-state index contributed by atoms with van der Waals surface area (Å²) in [4.78, 5) is 21.6. The molecule has 1 aromatic carbocycles. The van der Waals surface area contributed by atoms with Crippen molar-refractivity contribution in [3.05, 3.63) is 17.7 Å². The fourth-order valence-electron chi connectivity index (χ4n) is 1.47. The van der Waals surface area contributed by atoms with Gasteiger partial charge in [-0.15, -0.1) is 0 Å². The van der Waals surface area contributed by atoms with Crippen molar-refractivity contribution in [1.82, 2.24) is 0 Å². The van der Waals surface area contributed by atoms with Crippen LogP contribution in [0.5, 0.6) is 0 Å². The van der Waals surface area contributed by atoms with Crippen molar-refractivity contribution in [2.24, 2.45) is 0 Å². The Morgan fingerprint density at radius 2 is 1.50 bits per heavy atom. The van der Waals surface area contributed by atoms with E-state index in [1.165, 1.54) is 13.8 Å². The van der Waals surface area contributed by atoms with Crippen molar-refractivity contribution in [3.8, 4) is 0 Å². The van der Waals surface area contributed by atoms with E-state index < -0.39 is 50.1 Å². The van der Waals surface area contributed by atoms with Gasteiger partial charge in [0.05, 0.1) is 0 Å². The van der Waals surface area contributed by atoms with E-state index in [0.717, 1.165) is 11.7 Å². The third kappa shape index (κ3) is 4.84. The molecule has 0 aliphatic carbocycles. The Labute approximate surface area is 132 Å². The molecule has 0 radical (unpaired) electrons. The van der Waals surface area contributed by atoms with E-state index in [0.29, 0.717) is 5.69 Å². The minimum absolute atomic E-state index is 0.223. The molecule has 0 unspecified atom stereocenters. The van der Waals surface area contributed by atoms with Crippen LogP contribution >= 0.6 is 0 Å². The predicted octanol–water partition coefficient (Wildman–Crippen LogP) is -0.0510. The van der Waals surface area contributed by atoms with Gasteiger partial charge < -0.3 is 0 Å². The van der Waals surface area contributed by atoms with E-state index in [1.54, 1.807) is 0 Å². The molecule has 0 saturated heterocycles. The van der Waals surface area contributed by atoms with Crippen LogP contribution in [-0.2, 0) is 64.9 Å². The summed E-state index contributed by atoms with van der Waals surface area (Å²) >= 11 is -3.72. The first-order valence-electron chi connectivity index (χ1n) is 5.55. The van der Waals surface area contributed by atoms with Crippen molar-refractivity contribution in [3.63, 3.8) is 0 Å². The second kappa shape index (κ2) is 7.43. The van der Waals surface area contributed by atoms with Gasteiger partial charge in [-0.25, -0.2) is 0 Å². The number of carbonyl (C=O) groups excluding carboxylic acids is 2. The predicted molar refractivity (Wildman–Crippen MR) is 58.4 cm³/mol. The second-order valence-corrected chi connectivity index (χ2v) is 14.4. The number of rotatable bonds is 4. The van der Waals surface area contributed by atoms with E-state index in [2.05, 4.69) is 0 Å². The van der Waals surface area contributed by atoms with Crippen LogP contribution in [0.1, 0.15) is 19.4 Å². The summed E-state index contributed by atoms with van der Waals surface area (Å²) < 4.78 is 12.4. The van der Waals surface area contributed by atoms with E-state index in [4.69, 9.17) is 11.0 Å². The van der Waals surface area contributed by atoms with Gasteiger partial charge in [-0.3, -0.25) is 0 Å². The summed E-state index contributed by atoms with van der Waals surface area (Å²) in [5, 5.41) is 0. The molecule has 0 amide bonds. The molecule has 0 spiro atoms. The number of nitrogens with two attached hydrogens (primary N) is 1. The molecule has 18 heavy (non-hydrogen) atoms. The molecule has 1 aromatic rings. The number of benzene rings is 1. The van der Waals surface area contributed by atoms with Crippen LogP contribution in [0.15, 0.2) is 12.1 Å². The maximum absolute atomic E-state index is 10.8. The van der Waals surface area contributed by atoms with Crippen LogP contribution < -0.4 is 11.9 Å². The number of hydrogen-bond donors (Lipinski definition) is 1. The van der Waals surface area contributed by atoms with Crippen LogP contribution in [-0.4, -0.2) is 11.9 Å². The van der Waals surface area contributed by atoms with Crippen molar-refractivity contribution >= 4 is 23.8 Å². The summed E-state index contributed by atoms with van der Waals surface area (Å²) in [5.41, 5.74) is 7.73. The van der Waals surface area contributed by atoms with E-state index >= 15 is 0 Å². The summed E-state index contributed by atoms with van der Waals surface area (Å²) in [6.45, 7) is 4.76. The Morgan fingerprint density at radius 3 is 2.00 bits per heavy atom. The first kappa shape index (κ1) is 15.9. The van der Waals surface area contributed by atoms with Crippen molar-refractivity contribution in [1.29, 1.82) is 0 Å². The van der Waals surface area contributed by atoms with E-state index in [9.17, 15) is 9.59 Å². The van der Waals surface area contributed by atoms with E-state index in [1.807, 2.05) is 19.1 Å².